The summed E-state index contributed by atoms with van der Waals surface area (Å²) in [4.78, 5) is 8.19. The Morgan fingerprint density at radius 3 is 2.20 bits per heavy atom. The number of pyridine rings is 1. The summed E-state index contributed by atoms with van der Waals surface area (Å²) < 4.78 is 66.3. The molecule has 0 unspecified atom stereocenters. The summed E-state index contributed by atoms with van der Waals surface area (Å²) in [5.41, 5.74) is 0.935. The van der Waals surface area contributed by atoms with Crippen LogP contribution in [0.2, 0.25) is 0 Å². The molecule has 9 heteroatoms. The fourth-order valence-electron chi connectivity index (χ4n) is 3.21. The van der Waals surface area contributed by atoms with Gasteiger partial charge in [0, 0.05) is 18.8 Å². The van der Waals surface area contributed by atoms with Crippen molar-refractivity contribution in [2.24, 2.45) is 0 Å². The number of imidazole rings is 1. The van der Waals surface area contributed by atoms with E-state index in [0.717, 1.165) is 33.8 Å². The van der Waals surface area contributed by atoms with E-state index >= 15 is 0 Å². The van der Waals surface area contributed by atoms with Crippen molar-refractivity contribution in [2.75, 3.05) is 0 Å². The van der Waals surface area contributed by atoms with Crippen LogP contribution in [0.1, 0.15) is 17.0 Å². The molecule has 0 aliphatic carbocycles. The van der Waals surface area contributed by atoms with Gasteiger partial charge >= 0.3 is 6.18 Å². The van der Waals surface area contributed by atoms with Crippen molar-refractivity contribution in [2.45, 2.75) is 23.9 Å². The van der Waals surface area contributed by atoms with E-state index in [1.807, 2.05) is 12.1 Å². The number of aromatic nitrogens is 3. The first-order chi connectivity index (χ1) is 14.3. The number of aryl methyl sites for hydroxylation is 2. The molecule has 2 heterocycles. The van der Waals surface area contributed by atoms with E-state index in [-0.39, 0.29) is 4.90 Å². The smallest absolute Gasteiger partial charge is 0.265 e. The molecule has 2 aromatic carbocycles. The lowest BCUT2D eigenvalue weighted by molar-refractivity contribution is -0.137. The van der Waals surface area contributed by atoms with Gasteiger partial charge in [-0.3, -0.25) is 4.98 Å². The summed E-state index contributed by atoms with van der Waals surface area (Å²) in [6, 6.07) is 13.9. The molecule has 0 spiro atoms. The van der Waals surface area contributed by atoms with Gasteiger partial charge in [-0.2, -0.15) is 13.2 Å². The van der Waals surface area contributed by atoms with Gasteiger partial charge < -0.3 is 0 Å². The molecule has 5 nitrogen and oxygen atoms in total. The molecule has 154 valence electrons. The fraction of sp³-hybridized carbons (Fsp3) is 0.143. The van der Waals surface area contributed by atoms with Crippen molar-refractivity contribution in [3.63, 3.8) is 0 Å². The quantitative estimate of drug-likeness (QED) is 0.468. The van der Waals surface area contributed by atoms with E-state index in [9.17, 15) is 21.6 Å². The Balaban J connectivity index is 1.78. The van der Waals surface area contributed by atoms with Crippen LogP contribution in [-0.4, -0.2) is 22.4 Å². The standard InChI is InChI=1S/C21H16F3N3O2S/c22-21(23,24)16-6-8-17(9-7-16)30(28,29)27-19-4-2-1-3-18(19)26-20(27)10-5-15-11-13-25-14-12-15/h1-4,6-9,11-14H,5,10H2. The van der Waals surface area contributed by atoms with Gasteiger partial charge in [-0.05, 0) is 60.5 Å². The van der Waals surface area contributed by atoms with E-state index in [4.69, 9.17) is 0 Å². The highest BCUT2D eigenvalue weighted by atomic mass is 32.2. The number of hydrogen-bond acceptors (Lipinski definition) is 4. The summed E-state index contributed by atoms with van der Waals surface area (Å²) in [5.74, 6) is 0.313. The van der Waals surface area contributed by atoms with Crippen LogP contribution in [0.3, 0.4) is 0 Å². The summed E-state index contributed by atoms with van der Waals surface area (Å²) in [6.45, 7) is 0. The first kappa shape index (κ1) is 20.1. The fourth-order valence-corrected chi connectivity index (χ4v) is 4.72. The first-order valence-electron chi connectivity index (χ1n) is 9.05. The van der Waals surface area contributed by atoms with Crippen LogP contribution in [0.25, 0.3) is 11.0 Å². The minimum Gasteiger partial charge on any atom is -0.265 e. The number of rotatable bonds is 5. The molecule has 0 bridgehead atoms. The van der Waals surface area contributed by atoms with Crippen LogP contribution in [0.4, 0.5) is 13.2 Å². The van der Waals surface area contributed by atoms with E-state index in [0.29, 0.717) is 29.7 Å². The topological polar surface area (TPSA) is 64.8 Å². The van der Waals surface area contributed by atoms with E-state index in [2.05, 4.69) is 9.97 Å². The number of benzene rings is 2. The molecule has 4 aromatic rings. The maximum atomic E-state index is 13.3. The monoisotopic (exact) mass is 431 g/mol. The summed E-state index contributed by atoms with van der Waals surface area (Å²) >= 11 is 0. The van der Waals surface area contributed by atoms with Gasteiger partial charge in [-0.1, -0.05) is 12.1 Å². The van der Waals surface area contributed by atoms with Gasteiger partial charge in [0.25, 0.3) is 10.0 Å². The van der Waals surface area contributed by atoms with Crippen LogP contribution in [0, 0.1) is 0 Å². The molecule has 2 aromatic heterocycles. The minimum atomic E-state index is -4.54. The second-order valence-corrected chi connectivity index (χ2v) is 8.45. The summed E-state index contributed by atoms with van der Waals surface area (Å²) in [5, 5.41) is 0. The van der Waals surface area contributed by atoms with Crippen LogP contribution >= 0.6 is 0 Å². The zero-order chi connectivity index (χ0) is 21.4. The van der Waals surface area contributed by atoms with Crippen LogP contribution in [-0.2, 0) is 29.0 Å². The molecule has 0 saturated heterocycles. The Labute approximate surface area is 170 Å². The highest BCUT2D eigenvalue weighted by molar-refractivity contribution is 7.90. The third-order valence-corrected chi connectivity index (χ3v) is 6.45. The van der Waals surface area contributed by atoms with Gasteiger partial charge in [0.05, 0.1) is 21.5 Å². The zero-order valence-corrected chi connectivity index (χ0v) is 16.4. The molecule has 0 saturated carbocycles. The molecule has 0 radical (unpaired) electrons. The molecule has 0 aliphatic heterocycles. The number of fused-ring (bicyclic) bond motifs is 1. The second-order valence-electron chi connectivity index (χ2n) is 6.66. The second kappa shape index (κ2) is 7.56. The molecule has 0 fully saturated rings. The number of halogens is 3. The molecule has 4 rings (SSSR count). The van der Waals surface area contributed by atoms with Crippen LogP contribution in [0.15, 0.2) is 78.0 Å². The van der Waals surface area contributed by atoms with Crippen molar-refractivity contribution < 1.29 is 21.6 Å². The zero-order valence-electron chi connectivity index (χ0n) is 15.5. The van der Waals surface area contributed by atoms with Gasteiger partial charge in [0.15, 0.2) is 0 Å². The first-order valence-corrected chi connectivity index (χ1v) is 10.5. The number of alkyl halides is 3. The Morgan fingerprint density at radius 2 is 1.53 bits per heavy atom. The molecule has 0 amide bonds. The Morgan fingerprint density at radius 1 is 0.867 bits per heavy atom. The van der Waals surface area contributed by atoms with E-state index in [1.54, 1.807) is 36.7 Å². The minimum absolute atomic E-state index is 0.233. The highest BCUT2D eigenvalue weighted by Gasteiger charge is 2.31. The van der Waals surface area contributed by atoms with Gasteiger partial charge in [0.1, 0.15) is 5.82 Å². The largest absolute Gasteiger partial charge is 0.416 e. The third-order valence-electron chi connectivity index (χ3n) is 4.69. The van der Waals surface area contributed by atoms with E-state index in [1.165, 1.54) is 0 Å². The summed E-state index contributed by atoms with van der Waals surface area (Å²) in [6.07, 6.45) is -0.374. The Bertz CT molecular complexity index is 1280. The normalized spacial score (nSPS) is 12.4. The van der Waals surface area contributed by atoms with Crippen molar-refractivity contribution in [1.82, 2.24) is 13.9 Å². The Hall–Kier alpha value is -3.20. The lowest BCUT2D eigenvalue weighted by Gasteiger charge is -2.12. The summed E-state index contributed by atoms with van der Waals surface area (Å²) in [7, 11) is -4.15. The molecule has 0 atom stereocenters. The number of hydrogen-bond donors (Lipinski definition) is 0. The number of nitrogens with zero attached hydrogens (tertiary/aromatic N) is 3. The van der Waals surface area contributed by atoms with Crippen molar-refractivity contribution in [1.29, 1.82) is 0 Å². The predicted molar refractivity (Wildman–Crippen MR) is 105 cm³/mol. The molecular weight excluding hydrogens is 415 g/mol. The van der Waals surface area contributed by atoms with E-state index < -0.39 is 21.8 Å². The molecule has 0 N–H and O–H groups in total. The van der Waals surface area contributed by atoms with Crippen LogP contribution < -0.4 is 0 Å². The van der Waals surface area contributed by atoms with Gasteiger partial charge in [-0.25, -0.2) is 17.4 Å². The molecular formula is C21H16F3N3O2S. The van der Waals surface area contributed by atoms with Crippen LogP contribution in [0.5, 0.6) is 0 Å². The van der Waals surface area contributed by atoms with Gasteiger partial charge in [0.2, 0.25) is 0 Å². The molecule has 0 aliphatic rings. The molecule has 30 heavy (non-hydrogen) atoms. The maximum Gasteiger partial charge on any atom is 0.416 e. The van der Waals surface area contributed by atoms with Crippen molar-refractivity contribution >= 4 is 21.1 Å². The number of para-hydroxylation sites is 2. The third kappa shape index (κ3) is 3.80. The predicted octanol–water partition coefficient (Wildman–Crippen LogP) is 4.47. The van der Waals surface area contributed by atoms with Gasteiger partial charge in [-0.15, -0.1) is 0 Å². The lowest BCUT2D eigenvalue weighted by atomic mass is 10.1. The lowest BCUT2D eigenvalue weighted by Crippen LogP contribution is -2.17. The van der Waals surface area contributed by atoms with Crippen molar-refractivity contribution in [3.8, 4) is 0 Å². The Kier molecular flexibility index (Phi) is 5.07. The highest BCUT2D eigenvalue weighted by Crippen LogP contribution is 2.31. The maximum absolute atomic E-state index is 13.3. The van der Waals surface area contributed by atoms with Crippen molar-refractivity contribution in [3.05, 3.63) is 90.0 Å². The average Bonchev–Trinajstić information content (AvgIpc) is 3.12. The average molecular weight is 431 g/mol. The SMILES string of the molecule is O=S(=O)(c1ccc(C(F)(F)F)cc1)n1c(CCc2ccncc2)nc2ccccc21.